The molecule has 9 nitrogen and oxygen atoms in total. The fraction of sp³-hybridized carbons (Fsp3) is 0.0556. The predicted molar refractivity (Wildman–Crippen MR) is 110 cm³/mol. The lowest BCUT2D eigenvalue weighted by Gasteiger charge is -2.11. The van der Waals surface area contributed by atoms with Gasteiger partial charge in [0.2, 0.25) is 11.6 Å². The summed E-state index contributed by atoms with van der Waals surface area (Å²) in [6.07, 6.45) is 1.14. The van der Waals surface area contributed by atoms with Crippen LogP contribution in [-0.4, -0.2) is 20.8 Å². The van der Waals surface area contributed by atoms with E-state index in [1.165, 1.54) is 12.1 Å². The quantitative estimate of drug-likeness (QED) is 0.379. The molecule has 1 aromatic heterocycles. The SMILES string of the molecule is O=C(NNc1ncnc(NCc2ccccc2Cl)c1[N+](=O)[O-])c1ccc(Cl)cc1. The number of benzene rings is 2. The van der Waals surface area contributed by atoms with Crippen LogP contribution in [-0.2, 0) is 6.54 Å². The number of hydrazine groups is 1. The summed E-state index contributed by atoms with van der Waals surface area (Å²) in [6, 6.07) is 13.2. The largest absolute Gasteiger partial charge is 0.360 e. The number of anilines is 2. The Balaban J connectivity index is 1.76. The van der Waals surface area contributed by atoms with Crippen molar-refractivity contribution in [2.75, 3.05) is 10.7 Å². The summed E-state index contributed by atoms with van der Waals surface area (Å²) in [4.78, 5) is 30.9. The lowest BCUT2D eigenvalue weighted by molar-refractivity contribution is -0.383. The van der Waals surface area contributed by atoms with Gasteiger partial charge in [0.25, 0.3) is 5.91 Å². The zero-order valence-electron chi connectivity index (χ0n) is 14.7. The van der Waals surface area contributed by atoms with Crippen molar-refractivity contribution in [3.8, 4) is 0 Å². The van der Waals surface area contributed by atoms with Crippen LogP contribution in [0.15, 0.2) is 54.9 Å². The monoisotopic (exact) mass is 432 g/mol. The molecule has 0 unspecified atom stereocenters. The molecule has 1 heterocycles. The summed E-state index contributed by atoms with van der Waals surface area (Å²) in [5.74, 6) is -0.706. The standard InChI is InChI=1S/C18H14Cl2N6O3/c19-13-7-5-11(6-8-13)18(27)25-24-17-15(26(28)29)16(22-10-23-17)21-9-12-3-1-2-4-14(12)20/h1-8,10H,9H2,(H,25,27)(H2,21,22,23,24). The molecule has 0 aliphatic carbocycles. The minimum Gasteiger partial charge on any atom is -0.360 e. The first-order chi connectivity index (χ1) is 14.0. The van der Waals surface area contributed by atoms with Crippen molar-refractivity contribution >= 4 is 46.4 Å². The van der Waals surface area contributed by atoms with E-state index in [-0.39, 0.29) is 18.2 Å². The minimum atomic E-state index is -0.647. The Labute approximate surface area is 175 Å². The number of amides is 1. The average Bonchev–Trinajstić information content (AvgIpc) is 2.71. The molecule has 148 valence electrons. The first-order valence-corrected chi connectivity index (χ1v) is 9.00. The van der Waals surface area contributed by atoms with Gasteiger partial charge in [-0.2, -0.15) is 0 Å². The van der Waals surface area contributed by atoms with Crippen LogP contribution < -0.4 is 16.2 Å². The van der Waals surface area contributed by atoms with Crippen molar-refractivity contribution in [2.24, 2.45) is 0 Å². The molecular weight excluding hydrogens is 419 g/mol. The van der Waals surface area contributed by atoms with Gasteiger partial charge in [0, 0.05) is 22.2 Å². The molecule has 0 aliphatic heterocycles. The number of carbonyl (C=O) groups is 1. The number of rotatable bonds is 7. The molecule has 3 N–H and O–H groups in total. The smallest absolute Gasteiger partial charge is 0.354 e. The summed E-state index contributed by atoms with van der Waals surface area (Å²) in [7, 11) is 0. The van der Waals surface area contributed by atoms with Gasteiger partial charge >= 0.3 is 5.69 Å². The Kier molecular flexibility index (Phi) is 6.43. The topological polar surface area (TPSA) is 122 Å². The Morgan fingerprint density at radius 3 is 2.41 bits per heavy atom. The maximum atomic E-state index is 12.2. The van der Waals surface area contributed by atoms with Crippen LogP contribution in [0.2, 0.25) is 10.0 Å². The molecule has 0 fully saturated rings. The normalized spacial score (nSPS) is 10.3. The van der Waals surface area contributed by atoms with Crippen LogP contribution in [0, 0.1) is 10.1 Å². The highest BCUT2D eigenvalue weighted by atomic mass is 35.5. The lowest BCUT2D eigenvalue weighted by atomic mass is 10.2. The number of nitro groups is 1. The summed E-state index contributed by atoms with van der Waals surface area (Å²) in [6.45, 7) is 0.216. The van der Waals surface area contributed by atoms with Gasteiger partial charge in [0.1, 0.15) is 6.33 Å². The Hall–Kier alpha value is -3.43. The summed E-state index contributed by atoms with van der Waals surface area (Å²) < 4.78 is 0. The molecule has 1 amide bonds. The second-order valence-electron chi connectivity index (χ2n) is 5.71. The third-order valence-corrected chi connectivity index (χ3v) is 4.43. The van der Waals surface area contributed by atoms with Crippen molar-refractivity contribution in [1.82, 2.24) is 15.4 Å². The predicted octanol–water partition coefficient (Wildman–Crippen LogP) is 4.06. The molecule has 0 spiro atoms. The van der Waals surface area contributed by atoms with Crippen molar-refractivity contribution in [2.45, 2.75) is 6.54 Å². The summed E-state index contributed by atoms with van der Waals surface area (Å²) in [5.41, 5.74) is 5.47. The van der Waals surface area contributed by atoms with E-state index in [4.69, 9.17) is 23.2 Å². The van der Waals surface area contributed by atoms with Crippen molar-refractivity contribution in [3.63, 3.8) is 0 Å². The molecule has 3 aromatic rings. The number of nitrogens with zero attached hydrogens (tertiary/aromatic N) is 3. The van der Waals surface area contributed by atoms with E-state index in [9.17, 15) is 14.9 Å². The zero-order valence-corrected chi connectivity index (χ0v) is 16.2. The van der Waals surface area contributed by atoms with E-state index in [0.717, 1.165) is 11.9 Å². The minimum absolute atomic E-state index is 0.0202. The van der Waals surface area contributed by atoms with Gasteiger partial charge in [-0.3, -0.25) is 25.8 Å². The molecular formula is C18H14Cl2N6O3. The maximum absolute atomic E-state index is 12.2. The third-order valence-electron chi connectivity index (χ3n) is 3.81. The highest BCUT2D eigenvalue weighted by Crippen LogP contribution is 2.29. The maximum Gasteiger partial charge on any atom is 0.354 e. The number of nitrogens with one attached hydrogen (secondary N) is 3. The Bertz CT molecular complexity index is 1050. The van der Waals surface area contributed by atoms with Gasteiger partial charge in [0.05, 0.1) is 4.92 Å². The molecule has 0 saturated carbocycles. The molecule has 29 heavy (non-hydrogen) atoms. The molecule has 0 atom stereocenters. The number of halogens is 2. The number of carbonyl (C=O) groups excluding carboxylic acids is 1. The van der Waals surface area contributed by atoms with Gasteiger partial charge in [-0.1, -0.05) is 41.4 Å². The number of hydrogen-bond donors (Lipinski definition) is 3. The highest BCUT2D eigenvalue weighted by Gasteiger charge is 2.23. The van der Waals surface area contributed by atoms with Crippen LogP contribution in [0.25, 0.3) is 0 Å². The summed E-state index contributed by atoms with van der Waals surface area (Å²) in [5, 5.41) is 15.4. The van der Waals surface area contributed by atoms with Gasteiger partial charge in [0.15, 0.2) is 0 Å². The zero-order chi connectivity index (χ0) is 20.8. The van der Waals surface area contributed by atoms with E-state index < -0.39 is 16.5 Å². The lowest BCUT2D eigenvalue weighted by Crippen LogP contribution is -2.30. The van der Waals surface area contributed by atoms with Gasteiger partial charge in [-0.15, -0.1) is 0 Å². The molecule has 2 aromatic carbocycles. The van der Waals surface area contributed by atoms with Crippen LogP contribution in [0.4, 0.5) is 17.3 Å². The highest BCUT2D eigenvalue weighted by molar-refractivity contribution is 6.31. The molecule has 0 saturated heterocycles. The number of hydrogen-bond acceptors (Lipinski definition) is 7. The summed E-state index contributed by atoms with van der Waals surface area (Å²) >= 11 is 11.9. The van der Waals surface area contributed by atoms with Crippen LogP contribution >= 0.6 is 23.2 Å². The van der Waals surface area contributed by atoms with Gasteiger partial charge in [-0.25, -0.2) is 9.97 Å². The fourth-order valence-corrected chi connectivity index (χ4v) is 2.71. The molecule has 3 rings (SSSR count). The van der Waals surface area contributed by atoms with Crippen molar-refractivity contribution in [1.29, 1.82) is 0 Å². The average molecular weight is 433 g/mol. The Morgan fingerprint density at radius 2 is 1.72 bits per heavy atom. The van der Waals surface area contributed by atoms with E-state index in [0.29, 0.717) is 15.6 Å². The van der Waals surface area contributed by atoms with Gasteiger partial charge in [-0.05, 0) is 35.9 Å². The Morgan fingerprint density at radius 1 is 1.03 bits per heavy atom. The molecule has 0 bridgehead atoms. The first kappa shape index (κ1) is 20.3. The second kappa shape index (κ2) is 9.18. The van der Waals surface area contributed by atoms with Crippen LogP contribution in [0.3, 0.4) is 0 Å². The van der Waals surface area contributed by atoms with E-state index in [1.807, 2.05) is 0 Å². The van der Waals surface area contributed by atoms with E-state index in [2.05, 4.69) is 26.1 Å². The van der Waals surface area contributed by atoms with E-state index >= 15 is 0 Å². The first-order valence-electron chi connectivity index (χ1n) is 8.24. The molecule has 11 heteroatoms. The molecule has 0 aliphatic rings. The number of aromatic nitrogens is 2. The van der Waals surface area contributed by atoms with Crippen molar-refractivity contribution in [3.05, 3.63) is 86.1 Å². The van der Waals surface area contributed by atoms with Crippen LogP contribution in [0.5, 0.6) is 0 Å². The van der Waals surface area contributed by atoms with Gasteiger partial charge < -0.3 is 5.32 Å². The molecule has 0 radical (unpaired) electrons. The van der Waals surface area contributed by atoms with Crippen molar-refractivity contribution < 1.29 is 9.72 Å². The third kappa shape index (κ3) is 5.09. The second-order valence-corrected chi connectivity index (χ2v) is 6.55. The van der Waals surface area contributed by atoms with E-state index in [1.54, 1.807) is 36.4 Å². The fourth-order valence-electron chi connectivity index (χ4n) is 2.38. The van der Waals surface area contributed by atoms with Crippen LogP contribution in [0.1, 0.15) is 15.9 Å².